The second-order valence-electron chi connectivity index (χ2n) is 5.45. The second kappa shape index (κ2) is 9.46. The molecule has 2 rings (SSSR count). The molecule has 0 heterocycles. The molecule has 0 radical (unpaired) electrons. The molecule has 2 aromatic rings. The molecule has 0 aliphatic rings. The van der Waals surface area contributed by atoms with Crippen molar-refractivity contribution in [3.05, 3.63) is 58.1 Å². The molecule has 0 atom stereocenters. The molecule has 26 heavy (non-hydrogen) atoms. The van der Waals surface area contributed by atoms with Gasteiger partial charge < -0.3 is 15.0 Å². The molecule has 0 aromatic heterocycles. The first kappa shape index (κ1) is 20.1. The third-order valence-electron chi connectivity index (χ3n) is 3.72. The van der Waals surface area contributed by atoms with Crippen LogP contribution in [0.15, 0.2) is 42.5 Å². The highest BCUT2D eigenvalue weighted by atomic mass is 35.5. The molecule has 0 aliphatic heterocycles. The lowest BCUT2D eigenvalue weighted by molar-refractivity contribution is -0.118. The Morgan fingerprint density at radius 2 is 1.77 bits per heavy atom. The first-order valence-corrected chi connectivity index (χ1v) is 8.97. The summed E-state index contributed by atoms with van der Waals surface area (Å²) in [4.78, 5) is 26.2. The Balaban J connectivity index is 2.00. The van der Waals surface area contributed by atoms with Gasteiger partial charge in [-0.2, -0.15) is 0 Å². The van der Waals surface area contributed by atoms with E-state index >= 15 is 0 Å². The molecular weight excluding hydrogens is 375 g/mol. The molecule has 2 aromatic carbocycles. The standard InChI is InChI=1S/C19H20Cl2N2O3/c1-3-23(4-2)19(25)13-7-5-8-14(11-13)22-17(24)12-26-16-10-6-9-15(20)18(16)21/h5-11H,3-4,12H2,1-2H3,(H,22,24). The molecule has 0 aliphatic carbocycles. The predicted molar refractivity (Wildman–Crippen MR) is 104 cm³/mol. The molecular formula is C19H20Cl2N2O3. The minimum Gasteiger partial charge on any atom is -0.482 e. The Bertz CT molecular complexity index is 792. The van der Waals surface area contributed by atoms with Gasteiger partial charge in [0.1, 0.15) is 10.8 Å². The van der Waals surface area contributed by atoms with Crippen molar-refractivity contribution < 1.29 is 14.3 Å². The Hall–Kier alpha value is -2.24. The summed E-state index contributed by atoms with van der Waals surface area (Å²) in [5.41, 5.74) is 1.04. The summed E-state index contributed by atoms with van der Waals surface area (Å²) in [5, 5.41) is 3.32. The molecule has 0 spiro atoms. The highest BCUT2D eigenvalue weighted by molar-refractivity contribution is 6.42. The van der Waals surface area contributed by atoms with Crippen molar-refractivity contribution in [1.82, 2.24) is 4.90 Å². The maximum absolute atomic E-state index is 12.4. The van der Waals surface area contributed by atoms with Gasteiger partial charge in [-0.15, -0.1) is 0 Å². The molecule has 0 unspecified atom stereocenters. The normalized spacial score (nSPS) is 10.3. The summed E-state index contributed by atoms with van der Waals surface area (Å²) in [6.45, 7) is 4.87. The lowest BCUT2D eigenvalue weighted by Gasteiger charge is -2.19. The number of nitrogens with zero attached hydrogens (tertiary/aromatic N) is 1. The third-order valence-corrected chi connectivity index (χ3v) is 4.52. The lowest BCUT2D eigenvalue weighted by atomic mass is 10.1. The molecule has 0 fully saturated rings. The van der Waals surface area contributed by atoms with E-state index in [0.29, 0.717) is 35.1 Å². The van der Waals surface area contributed by atoms with E-state index in [2.05, 4.69) is 5.32 Å². The topological polar surface area (TPSA) is 58.6 Å². The van der Waals surface area contributed by atoms with Crippen LogP contribution in [0.5, 0.6) is 5.75 Å². The minimum absolute atomic E-state index is 0.0759. The zero-order chi connectivity index (χ0) is 19.1. The van der Waals surface area contributed by atoms with E-state index in [4.69, 9.17) is 27.9 Å². The Morgan fingerprint density at radius 3 is 2.46 bits per heavy atom. The number of benzene rings is 2. The molecule has 5 nitrogen and oxygen atoms in total. The number of nitrogens with one attached hydrogen (secondary N) is 1. The largest absolute Gasteiger partial charge is 0.482 e. The van der Waals surface area contributed by atoms with Crippen LogP contribution in [0.3, 0.4) is 0 Å². The Morgan fingerprint density at radius 1 is 1.08 bits per heavy atom. The summed E-state index contributed by atoms with van der Waals surface area (Å²) >= 11 is 11.9. The predicted octanol–water partition coefficient (Wildman–Crippen LogP) is 4.49. The van der Waals surface area contributed by atoms with Crippen LogP contribution in [0, 0.1) is 0 Å². The van der Waals surface area contributed by atoms with Gasteiger partial charge in [-0.1, -0.05) is 35.3 Å². The fourth-order valence-electron chi connectivity index (χ4n) is 2.36. The van der Waals surface area contributed by atoms with Crippen molar-refractivity contribution >= 4 is 40.7 Å². The number of halogens is 2. The highest BCUT2D eigenvalue weighted by Crippen LogP contribution is 2.31. The van der Waals surface area contributed by atoms with Crippen LogP contribution in [-0.4, -0.2) is 36.4 Å². The van der Waals surface area contributed by atoms with Gasteiger partial charge in [0.05, 0.1) is 5.02 Å². The average Bonchev–Trinajstić information content (AvgIpc) is 2.64. The number of anilines is 1. The van der Waals surface area contributed by atoms with Gasteiger partial charge >= 0.3 is 0 Å². The monoisotopic (exact) mass is 394 g/mol. The second-order valence-corrected chi connectivity index (χ2v) is 6.23. The van der Waals surface area contributed by atoms with Crippen molar-refractivity contribution in [1.29, 1.82) is 0 Å². The van der Waals surface area contributed by atoms with Crippen LogP contribution < -0.4 is 10.1 Å². The molecule has 7 heteroatoms. The van der Waals surface area contributed by atoms with Gasteiger partial charge in [0, 0.05) is 24.3 Å². The zero-order valence-electron chi connectivity index (χ0n) is 14.6. The van der Waals surface area contributed by atoms with Crippen LogP contribution in [0.4, 0.5) is 5.69 Å². The van der Waals surface area contributed by atoms with Crippen molar-refractivity contribution in [2.45, 2.75) is 13.8 Å². The molecule has 1 N–H and O–H groups in total. The first-order chi connectivity index (χ1) is 12.5. The Labute approximate surface area is 162 Å². The molecule has 2 amide bonds. The number of hydrogen-bond acceptors (Lipinski definition) is 3. The highest BCUT2D eigenvalue weighted by Gasteiger charge is 2.14. The van der Waals surface area contributed by atoms with Crippen LogP contribution in [0.1, 0.15) is 24.2 Å². The fraction of sp³-hybridized carbons (Fsp3) is 0.263. The summed E-state index contributed by atoms with van der Waals surface area (Å²) in [6.07, 6.45) is 0. The van der Waals surface area contributed by atoms with Crippen LogP contribution >= 0.6 is 23.2 Å². The van der Waals surface area contributed by atoms with Crippen molar-refractivity contribution in [2.75, 3.05) is 25.0 Å². The average molecular weight is 395 g/mol. The van der Waals surface area contributed by atoms with Gasteiger partial charge in [-0.25, -0.2) is 0 Å². The quantitative estimate of drug-likeness (QED) is 0.752. The number of hydrogen-bond donors (Lipinski definition) is 1. The molecule has 138 valence electrons. The summed E-state index contributed by atoms with van der Waals surface area (Å²) in [7, 11) is 0. The summed E-state index contributed by atoms with van der Waals surface area (Å²) in [6, 6.07) is 11.7. The summed E-state index contributed by atoms with van der Waals surface area (Å²) in [5.74, 6) is -0.110. The van der Waals surface area contributed by atoms with E-state index < -0.39 is 0 Å². The molecule has 0 saturated heterocycles. The molecule has 0 saturated carbocycles. The van der Waals surface area contributed by atoms with Gasteiger partial charge in [0.15, 0.2) is 6.61 Å². The van der Waals surface area contributed by atoms with E-state index in [1.807, 2.05) is 13.8 Å². The first-order valence-electron chi connectivity index (χ1n) is 8.22. The number of carbonyl (C=O) groups is 2. The lowest BCUT2D eigenvalue weighted by Crippen LogP contribution is -2.30. The number of amides is 2. The third kappa shape index (κ3) is 5.13. The smallest absolute Gasteiger partial charge is 0.262 e. The number of rotatable bonds is 7. The van der Waals surface area contributed by atoms with E-state index in [-0.39, 0.29) is 23.4 Å². The van der Waals surface area contributed by atoms with Crippen LogP contribution in [-0.2, 0) is 4.79 Å². The van der Waals surface area contributed by atoms with Gasteiger partial charge in [0.2, 0.25) is 0 Å². The van der Waals surface area contributed by atoms with Crippen molar-refractivity contribution in [3.8, 4) is 5.75 Å². The maximum atomic E-state index is 12.4. The van der Waals surface area contributed by atoms with Crippen LogP contribution in [0.2, 0.25) is 10.0 Å². The fourth-order valence-corrected chi connectivity index (χ4v) is 2.71. The Kier molecular flexibility index (Phi) is 7.30. The summed E-state index contributed by atoms with van der Waals surface area (Å²) < 4.78 is 5.40. The maximum Gasteiger partial charge on any atom is 0.262 e. The zero-order valence-corrected chi connectivity index (χ0v) is 16.1. The number of carbonyl (C=O) groups excluding carboxylic acids is 2. The van der Waals surface area contributed by atoms with Gasteiger partial charge in [-0.05, 0) is 44.2 Å². The van der Waals surface area contributed by atoms with Gasteiger partial charge in [-0.3, -0.25) is 9.59 Å². The van der Waals surface area contributed by atoms with E-state index in [1.165, 1.54) is 0 Å². The van der Waals surface area contributed by atoms with Crippen molar-refractivity contribution in [3.63, 3.8) is 0 Å². The van der Waals surface area contributed by atoms with Crippen LogP contribution in [0.25, 0.3) is 0 Å². The SMILES string of the molecule is CCN(CC)C(=O)c1cccc(NC(=O)COc2cccc(Cl)c2Cl)c1. The minimum atomic E-state index is -0.367. The molecule has 0 bridgehead atoms. The van der Waals surface area contributed by atoms with E-state index in [9.17, 15) is 9.59 Å². The number of ether oxygens (including phenoxy) is 1. The van der Waals surface area contributed by atoms with E-state index in [1.54, 1.807) is 47.4 Å². The van der Waals surface area contributed by atoms with Crippen molar-refractivity contribution in [2.24, 2.45) is 0 Å². The van der Waals surface area contributed by atoms with E-state index in [0.717, 1.165) is 0 Å². The van der Waals surface area contributed by atoms with Gasteiger partial charge in [0.25, 0.3) is 11.8 Å².